The third-order valence-corrected chi connectivity index (χ3v) is 5.42. The standard InChI is InChI=1S/C22H19FN2O2S/c1-2-27-19-12-11-14(15-7-3-4-8-16(15)19)13-20-21(26)25-22(28-20)24-18-10-6-5-9-17(18)23/h3-13,22,24H,2H2,1H3,(H,25,26)/b20-13-. The lowest BCUT2D eigenvalue weighted by atomic mass is 10.0. The molecule has 28 heavy (non-hydrogen) atoms. The Hall–Kier alpha value is -2.99. The number of amides is 1. The van der Waals surface area contributed by atoms with Gasteiger partial charge in [0.25, 0.3) is 5.91 Å². The van der Waals surface area contributed by atoms with E-state index in [9.17, 15) is 9.18 Å². The molecule has 3 aromatic rings. The van der Waals surface area contributed by atoms with Crippen LogP contribution in [-0.2, 0) is 4.79 Å². The second-order valence-corrected chi connectivity index (χ2v) is 7.38. The lowest BCUT2D eigenvalue weighted by Crippen LogP contribution is -2.31. The molecule has 0 radical (unpaired) electrons. The normalized spacial score (nSPS) is 17.7. The molecule has 6 heteroatoms. The van der Waals surface area contributed by atoms with E-state index in [-0.39, 0.29) is 11.7 Å². The van der Waals surface area contributed by atoms with Crippen LogP contribution in [0, 0.1) is 5.82 Å². The smallest absolute Gasteiger partial charge is 0.260 e. The second-order valence-electron chi connectivity index (χ2n) is 6.24. The van der Waals surface area contributed by atoms with E-state index in [0.29, 0.717) is 17.2 Å². The Labute approximate surface area is 166 Å². The first-order valence-electron chi connectivity index (χ1n) is 9.00. The van der Waals surface area contributed by atoms with E-state index in [1.54, 1.807) is 18.2 Å². The third kappa shape index (κ3) is 3.68. The van der Waals surface area contributed by atoms with Gasteiger partial charge in [0.2, 0.25) is 0 Å². The van der Waals surface area contributed by atoms with Crippen LogP contribution >= 0.6 is 11.8 Å². The van der Waals surface area contributed by atoms with Gasteiger partial charge in [0.05, 0.1) is 17.2 Å². The van der Waals surface area contributed by atoms with E-state index in [4.69, 9.17) is 4.74 Å². The summed E-state index contributed by atoms with van der Waals surface area (Å²) in [7, 11) is 0. The Morgan fingerprint density at radius 3 is 2.64 bits per heavy atom. The fraction of sp³-hybridized carbons (Fsp3) is 0.136. The van der Waals surface area contributed by atoms with E-state index in [1.807, 2.05) is 49.4 Å². The quantitative estimate of drug-likeness (QED) is 0.600. The van der Waals surface area contributed by atoms with Gasteiger partial charge in [0.1, 0.15) is 11.6 Å². The summed E-state index contributed by atoms with van der Waals surface area (Å²) in [6, 6.07) is 18.2. The number of para-hydroxylation sites is 1. The predicted molar refractivity (Wildman–Crippen MR) is 113 cm³/mol. The number of thioether (sulfide) groups is 1. The van der Waals surface area contributed by atoms with Crippen molar-refractivity contribution < 1.29 is 13.9 Å². The summed E-state index contributed by atoms with van der Waals surface area (Å²) < 4.78 is 19.6. The van der Waals surface area contributed by atoms with Crippen LogP contribution < -0.4 is 15.4 Å². The summed E-state index contributed by atoms with van der Waals surface area (Å²) in [6.45, 7) is 2.54. The number of hydrogen-bond donors (Lipinski definition) is 2. The van der Waals surface area contributed by atoms with Crippen LogP contribution in [0.5, 0.6) is 5.75 Å². The molecule has 3 aromatic carbocycles. The molecule has 0 aromatic heterocycles. The van der Waals surface area contributed by atoms with Gasteiger partial charge in [0.15, 0.2) is 5.50 Å². The fourth-order valence-corrected chi connectivity index (χ4v) is 4.09. The van der Waals surface area contributed by atoms with Crippen molar-refractivity contribution in [2.24, 2.45) is 0 Å². The number of rotatable bonds is 5. The average molecular weight is 394 g/mol. The average Bonchev–Trinajstić information content (AvgIpc) is 3.04. The lowest BCUT2D eigenvalue weighted by molar-refractivity contribution is -0.116. The van der Waals surface area contributed by atoms with Crippen molar-refractivity contribution in [1.82, 2.24) is 5.32 Å². The molecule has 0 spiro atoms. The van der Waals surface area contributed by atoms with Gasteiger partial charge in [0, 0.05) is 5.39 Å². The highest BCUT2D eigenvalue weighted by molar-refractivity contribution is 8.05. The number of hydrogen-bond acceptors (Lipinski definition) is 4. The molecule has 1 atom stereocenters. The van der Waals surface area contributed by atoms with Crippen LogP contribution in [0.4, 0.5) is 10.1 Å². The van der Waals surface area contributed by atoms with Gasteiger partial charge in [-0.25, -0.2) is 4.39 Å². The molecule has 1 fully saturated rings. The molecule has 1 unspecified atom stereocenters. The molecule has 0 bridgehead atoms. The van der Waals surface area contributed by atoms with Crippen molar-refractivity contribution in [2.75, 3.05) is 11.9 Å². The third-order valence-electron chi connectivity index (χ3n) is 4.40. The zero-order chi connectivity index (χ0) is 19.5. The number of benzene rings is 3. The first-order valence-corrected chi connectivity index (χ1v) is 9.88. The number of nitrogens with one attached hydrogen (secondary N) is 2. The van der Waals surface area contributed by atoms with Gasteiger partial charge < -0.3 is 15.4 Å². The molecule has 1 amide bonds. The maximum Gasteiger partial charge on any atom is 0.260 e. The highest BCUT2D eigenvalue weighted by Crippen LogP contribution is 2.34. The largest absolute Gasteiger partial charge is 0.493 e. The topological polar surface area (TPSA) is 50.4 Å². The van der Waals surface area contributed by atoms with E-state index >= 15 is 0 Å². The highest BCUT2D eigenvalue weighted by Gasteiger charge is 2.27. The maximum absolute atomic E-state index is 13.8. The number of halogens is 1. The van der Waals surface area contributed by atoms with Gasteiger partial charge in [-0.2, -0.15) is 0 Å². The van der Waals surface area contributed by atoms with Gasteiger partial charge in [-0.1, -0.05) is 54.2 Å². The molecule has 4 rings (SSSR count). The van der Waals surface area contributed by atoms with Crippen molar-refractivity contribution >= 4 is 40.2 Å². The van der Waals surface area contributed by atoms with Crippen molar-refractivity contribution in [3.05, 3.63) is 76.9 Å². The van der Waals surface area contributed by atoms with Gasteiger partial charge >= 0.3 is 0 Å². The number of carbonyl (C=O) groups excluding carboxylic acids is 1. The van der Waals surface area contributed by atoms with Crippen molar-refractivity contribution in [3.63, 3.8) is 0 Å². The predicted octanol–water partition coefficient (Wildman–Crippen LogP) is 4.98. The summed E-state index contributed by atoms with van der Waals surface area (Å²) in [6.07, 6.45) is 1.86. The van der Waals surface area contributed by atoms with Crippen LogP contribution in [0.25, 0.3) is 16.8 Å². The highest BCUT2D eigenvalue weighted by atomic mass is 32.2. The van der Waals surface area contributed by atoms with Crippen LogP contribution in [0.3, 0.4) is 0 Å². The Morgan fingerprint density at radius 1 is 1.11 bits per heavy atom. The Morgan fingerprint density at radius 2 is 1.86 bits per heavy atom. The summed E-state index contributed by atoms with van der Waals surface area (Å²) in [4.78, 5) is 13.0. The Kier molecular flexibility index (Phi) is 5.21. The van der Waals surface area contributed by atoms with Gasteiger partial charge in [-0.3, -0.25) is 4.79 Å². The van der Waals surface area contributed by atoms with E-state index in [2.05, 4.69) is 10.6 Å². The van der Waals surface area contributed by atoms with Crippen LogP contribution in [0.1, 0.15) is 12.5 Å². The first-order chi connectivity index (χ1) is 13.7. The molecular formula is C22H19FN2O2S. The second kappa shape index (κ2) is 7.94. The van der Waals surface area contributed by atoms with Crippen molar-refractivity contribution in [1.29, 1.82) is 0 Å². The van der Waals surface area contributed by atoms with E-state index in [1.165, 1.54) is 17.8 Å². The molecule has 1 saturated heterocycles. The minimum atomic E-state index is -0.426. The van der Waals surface area contributed by atoms with Crippen LogP contribution in [-0.4, -0.2) is 18.0 Å². The van der Waals surface area contributed by atoms with Crippen molar-refractivity contribution in [2.45, 2.75) is 12.4 Å². The molecule has 0 aliphatic carbocycles. The molecule has 2 N–H and O–H groups in total. The minimum absolute atomic E-state index is 0.184. The molecule has 1 aliphatic heterocycles. The summed E-state index contributed by atoms with van der Waals surface area (Å²) in [5.74, 6) is 0.284. The number of anilines is 1. The molecule has 0 saturated carbocycles. The first kappa shape index (κ1) is 18.4. The number of carbonyl (C=O) groups is 1. The molecule has 4 nitrogen and oxygen atoms in total. The molecule has 1 heterocycles. The minimum Gasteiger partial charge on any atom is -0.493 e. The summed E-state index contributed by atoms with van der Waals surface area (Å²) in [5, 5.41) is 7.86. The fourth-order valence-electron chi connectivity index (χ4n) is 3.13. The van der Waals surface area contributed by atoms with Gasteiger partial charge in [-0.15, -0.1) is 0 Å². The summed E-state index contributed by atoms with van der Waals surface area (Å²) in [5.41, 5.74) is 0.862. The number of fused-ring (bicyclic) bond motifs is 1. The Balaban J connectivity index is 1.62. The lowest BCUT2D eigenvalue weighted by Gasteiger charge is -2.13. The maximum atomic E-state index is 13.8. The van der Waals surface area contributed by atoms with Crippen LogP contribution in [0.15, 0.2) is 65.6 Å². The van der Waals surface area contributed by atoms with Gasteiger partial charge in [-0.05, 0) is 42.1 Å². The molecular weight excluding hydrogens is 375 g/mol. The number of ether oxygens (including phenoxy) is 1. The molecule has 142 valence electrons. The summed E-state index contributed by atoms with van der Waals surface area (Å²) >= 11 is 1.33. The Bertz CT molecular complexity index is 1070. The van der Waals surface area contributed by atoms with E-state index in [0.717, 1.165) is 22.1 Å². The SMILES string of the molecule is CCOc1ccc(/C=C2\SC(Nc3ccccc3F)NC2=O)c2ccccc12. The van der Waals surface area contributed by atoms with Crippen molar-refractivity contribution in [3.8, 4) is 5.75 Å². The molecule has 1 aliphatic rings. The zero-order valence-electron chi connectivity index (χ0n) is 15.2. The van der Waals surface area contributed by atoms with E-state index < -0.39 is 5.50 Å². The zero-order valence-corrected chi connectivity index (χ0v) is 16.1. The monoisotopic (exact) mass is 394 g/mol. The van der Waals surface area contributed by atoms with Crippen LogP contribution in [0.2, 0.25) is 0 Å².